The Morgan fingerprint density at radius 2 is 0.792 bits per heavy atom. The van der Waals surface area contributed by atoms with Crippen molar-refractivity contribution in [2.24, 2.45) is 0 Å². The second-order valence-corrected chi connectivity index (χ2v) is 18.8. The summed E-state index contributed by atoms with van der Waals surface area (Å²) in [6.07, 6.45) is 0. The van der Waals surface area contributed by atoms with Crippen LogP contribution in [-0.2, 0) is 0 Å². The Labute approximate surface area is 418 Å². The summed E-state index contributed by atoms with van der Waals surface area (Å²) in [5.41, 5.74) is 16.5. The van der Waals surface area contributed by atoms with E-state index in [0.29, 0.717) is 0 Å². The Balaban J connectivity index is 0.955. The number of nitrogens with zero attached hydrogens (tertiary/aromatic N) is 2. The quantitative estimate of drug-likeness (QED) is 0.138. The molecule has 0 radical (unpaired) electrons. The van der Waals surface area contributed by atoms with E-state index in [1.807, 2.05) is 0 Å². The van der Waals surface area contributed by atoms with Crippen molar-refractivity contribution in [3.8, 4) is 50.2 Å². The number of hydrogen-bond acceptors (Lipinski definition) is 1. The molecule has 2 heteroatoms. The number of anilines is 3. The molecule has 0 spiro atoms. The van der Waals surface area contributed by atoms with E-state index in [-0.39, 0.29) is 0 Å². The van der Waals surface area contributed by atoms with Gasteiger partial charge in [0.05, 0.1) is 16.7 Å². The largest absolute Gasteiger partial charge is 0.310 e. The van der Waals surface area contributed by atoms with Gasteiger partial charge < -0.3 is 9.47 Å². The molecule has 0 amide bonds. The lowest BCUT2D eigenvalue weighted by atomic mass is 9.84. The van der Waals surface area contributed by atoms with Gasteiger partial charge in [0.1, 0.15) is 0 Å². The normalized spacial score (nSPS) is 11.6. The van der Waals surface area contributed by atoms with Gasteiger partial charge in [0.25, 0.3) is 0 Å². The highest BCUT2D eigenvalue weighted by Gasteiger charge is 2.22. The molecule has 13 aromatic carbocycles. The first-order valence-electron chi connectivity index (χ1n) is 24.8. The molecule has 72 heavy (non-hydrogen) atoms. The molecule has 0 aliphatic heterocycles. The smallest absolute Gasteiger partial charge is 0.0547 e. The first kappa shape index (κ1) is 41.5. The molecule has 0 N–H and O–H groups in total. The molecule has 0 bridgehead atoms. The van der Waals surface area contributed by atoms with Crippen LogP contribution in [0.15, 0.2) is 279 Å². The zero-order chi connectivity index (χ0) is 47.5. The number of para-hydroxylation sites is 2. The SMILES string of the molecule is c1ccc(-c2c(-c3ccccc3)c3cc(-c4cccc(N(c5ccc(-c6cccc7c6c6ccccc6n7-c6ccccc6)cc5)c5cccc6c5ccc5ccccc56)c4)ccc3c3ccccc23)cc1. The maximum absolute atomic E-state index is 2.45. The summed E-state index contributed by atoms with van der Waals surface area (Å²) >= 11 is 0. The van der Waals surface area contributed by atoms with Crippen molar-refractivity contribution in [1.29, 1.82) is 0 Å². The Kier molecular flexibility index (Phi) is 9.89. The van der Waals surface area contributed by atoms with Crippen LogP contribution in [0.25, 0.3) is 115 Å². The summed E-state index contributed by atoms with van der Waals surface area (Å²) in [4.78, 5) is 2.45. The number of rotatable bonds is 8. The Bertz CT molecular complexity index is 4360. The van der Waals surface area contributed by atoms with Crippen molar-refractivity contribution in [3.05, 3.63) is 279 Å². The second-order valence-electron chi connectivity index (χ2n) is 18.8. The van der Waals surface area contributed by atoms with E-state index in [1.165, 1.54) is 98.3 Å². The van der Waals surface area contributed by atoms with Gasteiger partial charge in [-0.05, 0) is 143 Å². The minimum absolute atomic E-state index is 1.08. The molecule has 0 saturated carbocycles. The molecule has 1 heterocycles. The van der Waals surface area contributed by atoms with E-state index in [4.69, 9.17) is 0 Å². The van der Waals surface area contributed by atoms with Gasteiger partial charge in [-0.15, -0.1) is 0 Å². The zero-order valence-electron chi connectivity index (χ0n) is 39.5. The third kappa shape index (κ3) is 6.80. The average Bonchev–Trinajstić information content (AvgIpc) is 3.80. The average molecular weight is 915 g/mol. The van der Waals surface area contributed by atoms with Crippen molar-refractivity contribution in [1.82, 2.24) is 4.57 Å². The second kappa shape index (κ2) is 17.2. The van der Waals surface area contributed by atoms with Gasteiger partial charge in [0.2, 0.25) is 0 Å². The van der Waals surface area contributed by atoms with E-state index < -0.39 is 0 Å². The topological polar surface area (TPSA) is 8.17 Å². The predicted molar refractivity (Wildman–Crippen MR) is 307 cm³/mol. The van der Waals surface area contributed by atoms with Crippen LogP contribution in [0, 0.1) is 0 Å². The lowest BCUT2D eigenvalue weighted by Crippen LogP contribution is -2.10. The highest BCUT2D eigenvalue weighted by molar-refractivity contribution is 6.22. The van der Waals surface area contributed by atoms with E-state index in [2.05, 4.69) is 289 Å². The molecule has 336 valence electrons. The number of hydrogen-bond donors (Lipinski definition) is 0. The van der Waals surface area contributed by atoms with Crippen LogP contribution >= 0.6 is 0 Å². The summed E-state index contributed by atoms with van der Waals surface area (Å²) in [5, 5.41) is 12.4. The van der Waals surface area contributed by atoms with Crippen LogP contribution in [0.4, 0.5) is 17.1 Å². The lowest BCUT2D eigenvalue weighted by Gasteiger charge is -2.28. The molecular formula is C70H46N2. The standard InChI is InChI=1S/C70H46N2/c1-4-20-49(21-5-1)68-62-30-13-12-29-59(62)60-43-40-52(46-64(60)69(68)50-22-6-2-7-23-50)51-24-16-27-55(45-51)71(65-35-18-33-58-56-28-11-10-19-47(56)39-44-61(58)65)54-41-37-48(38-42-54)57-32-17-36-67-70(57)63-31-14-15-34-66(63)72(67)53-25-8-3-9-26-53/h1-46H. The van der Waals surface area contributed by atoms with Gasteiger partial charge >= 0.3 is 0 Å². The van der Waals surface area contributed by atoms with Crippen LogP contribution < -0.4 is 4.90 Å². The van der Waals surface area contributed by atoms with Crippen molar-refractivity contribution in [3.63, 3.8) is 0 Å². The van der Waals surface area contributed by atoms with Crippen molar-refractivity contribution >= 4 is 82.0 Å². The van der Waals surface area contributed by atoms with Gasteiger partial charge in [0, 0.05) is 33.2 Å². The predicted octanol–water partition coefficient (Wildman–Crippen LogP) is 19.5. The van der Waals surface area contributed by atoms with E-state index in [0.717, 1.165) is 33.9 Å². The third-order valence-electron chi connectivity index (χ3n) is 14.7. The van der Waals surface area contributed by atoms with Crippen molar-refractivity contribution in [2.75, 3.05) is 4.90 Å². The molecule has 0 unspecified atom stereocenters. The molecule has 14 aromatic rings. The molecule has 0 aliphatic rings. The Morgan fingerprint density at radius 1 is 0.264 bits per heavy atom. The van der Waals surface area contributed by atoms with Gasteiger partial charge in [-0.2, -0.15) is 0 Å². The van der Waals surface area contributed by atoms with E-state index in [1.54, 1.807) is 0 Å². The van der Waals surface area contributed by atoms with Crippen LogP contribution in [-0.4, -0.2) is 4.57 Å². The summed E-state index contributed by atoms with van der Waals surface area (Å²) in [6.45, 7) is 0. The van der Waals surface area contributed by atoms with Crippen LogP contribution in [0.3, 0.4) is 0 Å². The fraction of sp³-hybridized carbons (Fsp3) is 0. The Hall–Kier alpha value is -9.50. The number of fused-ring (bicyclic) bond motifs is 9. The maximum Gasteiger partial charge on any atom is 0.0547 e. The summed E-state index contributed by atoms with van der Waals surface area (Å²) in [6, 6.07) is 102. The van der Waals surface area contributed by atoms with Gasteiger partial charge in [-0.3, -0.25) is 0 Å². The van der Waals surface area contributed by atoms with Crippen LogP contribution in [0.1, 0.15) is 0 Å². The number of benzene rings is 13. The minimum Gasteiger partial charge on any atom is -0.310 e. The fourth-order valence-electron chi connectivity index (χ4n) is 11.6. The van der Waals surface area contributed by atoms with Crippen molar-refractivity contribution in [2.45, 2.75) is 0 Å². The molecule has 0 saturated heterocycles. The number of aromatic nitrogens is 1. The van der Waals surface area contributed by atoms with E-state index in [9.17, 15) is 0 Å². The highest BCUT2D eigenvalue weighted by Crippen LogP contribution is 2.47. The van der Waals surface area contributed by atoms with Crippen LogP contribution in [0.2, 0.25) is 0 Å². The molecule has 0 aliphatic carbocycles. The fourth-order valence-corrected chi connectivity index (χ4v) is 11.6. The summed E-state index contributed by atoms with van der Waals surface area (Å²) in [7, 11) is 0. The summed E-state index contributed by atoms with van der Waals surface area (Å²) < 4.78 is 2.39. The zero-order valence-corrected chi connectivity index (χ0v) is 39.5. The monoisotopic (exact) mass is 914 g/mol. The Morgan fingerprint density at radius 3 is 1.57 bits per heavy atom. The first-order chi connectivity index (χ1) is 35.7. The highest BCUT2D eigenvalue weighted by atomic mass is 15.1. The minimum atomic E-state index is 1.08. The van der Waals surface area contributed by atoms with E-state index >= 15 is 0 Å². The molecule has 0 atom stereocenters. The maximum atomic E-state index is 2.45. The van der Waals surface area contributed by atoms with Crippen LogP contribution in [0.5, 0.6) is 0 Å². The summed E-state index contributed by atoms with van der Waals surface area (Å²) in [5.74, 6) is 0. The van der Waals surface area contributed by atoms with Crippen molar-refractivity contribution < 1.29 is 0 Å². The van der Waals surface area contributed by atoms with Gasteiger partial charge in [0.15, 0.2) is 0 Å². The molecular weight excluding hydrogens is 869 g/mol. The molecule has 0 fully saturated rings. The van der Waals surface area contributed by atoms with Gasteiger partial charge in [-0.25, -0.2) is 0 Å². The lowest BCUT2D eigenvalue weighted by molar-refractivity contribution is 1.18. The molecule has 1 aromatic heterocycles. The third-order valence-corrected chi connectivity index (χ3v) is 14.7. The molecule has 14 rings (SSSR count). The first-order valence-corrected chi connectivity index (χ1v) is 24.8. The van der Waals surface area contributed by atoms with Gasteiger partial charge in [-0.1, -0.05) is 218 Å². The molecule has 2 nitrogen and oxygen atoms in total.